The number of hydrogen-bond acceptors (Lipinski definition) is 6. The summed E-state index contributed by atoms with van der Waals surface area (Å²) in [6.45, 7) is 10.1. The molecule has 1 N–H and O–H groups in total. The van der Waals surface area contributed by atoms with Gasteiger partial charge in [-0.25, -0.2) is 0 Å². The molecule has 114 valence electrons. The van der Waals surface area contributed by atoms with Gasteiger partial charge in [-0.2, -0.15) is 16.7 Å². The zero-order valence-corrected chi connectivity index (χ0v) is 13.6. The number of thioether (sulfide) groups is 1. The second-order valence-electron chi connectivity index (χ2n) is 6.18. The number of nitrogens with zero attached hydrogens (tertiary/aromatic N) is 2. The topological polar surface area (TPSA) is 60.2 Å². The molecule has 0 aromatic carbocycles. The van der Waals surface area contributed by atoms with Gasteiger partial charge in [-0.05, 0) is 12.3 Å². The van der Waals surface area contributed by atoms with Crippen molar-refractivity contribution < 1.29 is 9.26 Å². The summed E-state index contributed by atoms with van der Waals surface area (Å²) in [6, 6.07) is 0.433. The summed E-state index contributed by atoms with van der Waals surface area (Å²) in [5, 5.41) is 7.60. The van der Waals surface area contributed by atoms with Gasteiger partial charge in [0.15, 0.2) is 0 Å². The van der Waals surface area contributed by atoms with E-state index in [0.717, 1.165) is 18.7 Å². The lowest BCUT2D eigenvalue weighted by molar-refractivity contribution is -0.0203. The smallest absolute Gasteiger partial charge is 0.228 e. The first kappa shape index (κ1) is 15.8. The van der Waals surface area contributed by atoms with E-state index in [2.05, 4.69) is 36.2 Å². The third-order valence-corrected chi connectivity index (χ3v) is 4.39. The highest BCUT2D eigenvalue weighted by Crippen LogP contribution is 2.34. The molecule has 1 saturated heterocycles. The first-order valence-corrected chi connectivity index (χ1v) is 8.41. The fourth-order valence-electron chi connectivity index (χ4n) is 2.30. The third kappa shape index (κ3) is 4.20. The summed E-state index contributed by atoms with van der Waals surface area (Å²) in [4.78, 5) is 4.54. The fourth-order valence-corrected chi connectivity index (χ4v) is 3.25. The van der Waals surface area contributed by atoms with E-state index < -0.39 is 0 Å². The van der Waals surface area contributed by atoms with Crippen LogP contribution in [0.15, 0.2) is 4.52 Å². The minimum atomic E-state index is -0.126. The van der Waals surface area contributed by atoms with Gasteiger partial charge in [-0.15, -0.1) is 0 Å². The highest BCUT2D eigenvalue weighted by Gasteiger charge is 2.31. The lowest BCUT2D eigenvalue weighted by Gasteiger charge is -2.27. The van der Waals surface area contributed by atoms with Crippen molar-refractivity contribution in [2.45, 2.75) is 46.3 Å². The van der Waals surface area contributed by atoms with Crippen LogP contribution < -0.4 is 5.32 Å². The molecule has 0 radical (unpaired) electrons. The Labute approximate surface area is 125 Å². The summed E-state index contributed by atoms with van der Waals surface area (Å²) in [7, 11) is 0. The van der Waals surface area contributed by atoms with Crippen molar-refractivity contribution in [3.05, 3.63) is 11.7 Å². The van der Waals surface area contributed by atoms with Gasteiger partial charge in [0.05, 0.1) is 0 Å². The van der Waals surface area contributed by atoms with E-state index >= 15 is 0 Å². The van der Waals surface area contributed by atoms with E-state index in [1.54, 1.807) is 0 Å². The Hall–Kier alpha value is -0.590. The second kappa shape index (κ2) is 6.91. The van der Waals surface area contributed by atoms with Crippen molar-refractivity contribution >= 4 is 11.8 Å². The largest absolute Gasteiger partial charge is 0.370 e. The van der Waals surface area contributed by atoms with Gasteiger partial charge in [0.25, 0.3) is 0 Å². The summed E-state index contributed by atoms with van der Waals surface area (Å²) < 4.78 is 11.2. The highest BCUT2D eigenvalue weighted by molar-refractivity contribution is 7.99. The molecule has 2 rings (SSSR count). The Morgan fingerprint density at radius 3 is 2.90 bits per heavy atom. The Morgan fingerprint density at radius 1 is 1.50 bits per heavy atom. The minimum Gasteiger partial charge on any atom is -0.370 e. The molecule has 20 heavy (non-hydrogen) atoms. The maximum atomic E-state index is 5.79. The van der Waals surface area contributed by atoms with Gasteiger partial charge in [-0.3, -0.25) is 0 Å². The minimum absolute atomic E-state index is 0.0455. The predicted octanol–water partition coefficient (Wildman–Crippen LogP) is 2.44. The maximum Gasteiger partial charge on any atom is 0.228 e. The normalized spacial score (nSPS) is 21.9. The third-order valence-electron chi connectivity index (χ3n) is 3.26. The molecule has 0 saturated carbocycles. The molecule has 1 aromatic heterocycles. The van der Waals surface area contributed by atoms with Gasteiger partial charge in [0.2, 0.25) is 11.7 Å². The molecular formula is C14H25N3O2S. The molecule has 2 unspecified atom stereocenters. The highest BCUT2D eigenvalue weighted by atomic mass is 32.2. The summed E-state index contributed by atoms with van der Waals surface area (Å²) in [5.74, 6) is 3.65. The van der Waals surface area contributed by atoms with E-state index in [-0.39, 0.29) is 11.5 Å². The molecule has 0 bridgehead atoms. The van der Waals surface area contributed by atoms with Crippen LogP contribution in [0, 0.1) is 5.41 Å². The van der Waals surface area contributed by atoms with Crippen LogP contribution in [0.2, 0.25) is 0 Å². The van der Waals surface area contributed by atoms with Gasteiger partial charge in [0.1, 0.15) is 6.10 Å². The molecule has 2 atom stereocenters. The van der Waals surface area contributed by atoms with Crippen LogP contribution in [0.25, 0.3) is 0 Å². The van der Waals surface area contributed by atoms with E-state index in [1.807, 2.05) is 18.7 Å². The van der Waals surface area contributed by atoms with E-state index in [0.29, 0.717) is 24.4 Å². The SMILES string of the molecule is CCOC(c1noc(CC2CSCCN2)n1)C(C)(C)C. The van der Waals surface area contributed by atoms with Crippen molar-refractivity contribution in [1.29, 1.82) is 0 Å². The molecule has 1 aliphatic rings. The lowest BCUT2D eigenvalue weighted by atomic mass is 9.88. The second-order valence-corrected chi connectivity index (χ2v) is 7.33. The number of ether oxygens (including phenoxy) is 1. The van der Waals surface area contributed by atoms with E-state index in [9.17, 15) is 0 Å². The first-order chi connectivity index (χ1) is 9.50. The number of nitrogens with one attached hydrogen (secondary N) is 1. The number of rotatable bonds is 5. The molecule has 1 fully saturated rings. The van der Waals surface area contributed by atoms with Gasteiger partial charge in [-0.1, -0.05) is 25.9 Å². The van der Waals surface area contributed by atoms with Crippen LogP contribution >= 0.6 is 11.8 Å². The quantitative estimate of drug-likeness (QED) is 0.901. The molecule has 1 aromatic rings. The Morgan fingerprint density at radius 2 is 2.30 bits per heavy atom. The molecule has 2 heterocycles. The van der Waals surface area contributed by atoms with E-state index in [4.69, 9.17) is 9.26 Å². The Kier molecular flexibility index (Phi) is 5.46. The molecule has 0 amide bonds. The predicted molar refractivity (Wildman–Crippen MR) is 80.9 cm³/mol. The van der Waals surface area contributed by atoms with Gasteiger partial charge < -0.3 is 14.6 Å². The van der Waals surface area contributed by atoms with Crippen LogP contribution in [-0.2, 0) is 11.2 Å². The van der Waals surface area contributed by atoms with Crippen molar-refractivity contribution in [3.63, 3.8) is 0 Å². The van der Waals surface area contributed by atoms with Crippen molar-refractivity contribution in [2.75, 3.05) is 24.7 Å². The van der Waals surface area contributed by atoms with Gasteiger partial charge >= 0.3 is 0 Å². The van der Waals surface area contributed by atoms with Crippen LogP contribution in [0.3, 0.4) is 0 Å². The molecule has 6 heteroatoms. The molecular weight excluding hydrogens is 274 g/mol. The average Bonchev–Trinajstić information content (AvgIpc) is 2.84. The Bertz CT molecular complexity index is 411. The molecule has 1 aliphatic heterocycles. The number of hydrogen-bond donors (Lipinski definition) is 1. The zero-order valence-electron chi connectivity index (χ0n) is 12.8. The van der Waals surface area contributed by atoms with Crippen molar-refractivity contribution in [2.24, 2.45) is 5.41 Å². The first-order valence-electron chi connectivity index (χ1n) is 7.26. The zero-order chi connectivity index (χ0) is 14.6. The lowest BCUT2D eigenvalue weighted by Crippen LogP contribution is -2.38. The monoisotopic (exact) mass is 299 g/mol. The average molecular weight is 299 g/mol. The summed E-state index contributed by atoms with van der Waals surface area (Å²) in [5.41, 5.74) is -0.0455. The van der Waals surface area contributed by atoms with Crippen molar-refractivity contribution in [1.82, 2.24) is 15.5 Å². The van der Waals surface area contributed by atoms with Crippen LogP contribution in [0.1, 0.15) is 45.5 Å². The van der Waals surface area contributed by atoms with Crippen molar-refractivity contribution in [3.8, 4) is 0 Å². The summed E-state index contributed by atoms with van der Waals surface area (Å²) >= 11 is 1.97. The standard InChI is InChI=1S/C14H25N3O2S/c1-5-18-12(14(2,3)4)13-16-11(19-17-13)8-10-9-20-7-6-15-10/h10,12,15H,5-9H2,1-4H3. The van der Waals surface area contributed by atoms with Crippen LogP contribution in [0.5, 0.6) is 0 Å². The van der Waals surface area contributed by atoms with E-state index in [1.165, 1.54) is 5.75 Å². The Balaban J connectivity index is 2.02. The van der Waals surface area contributed by atoms with Crippen LogP contribution in [0.4, 0.5) is 0 Å². The maximum absolute atomic E-state index is 5.79. The molecule has 5 nitrogen and oxygen atoms in total. The van der Waals surface area contributed by atoms with Gasteiger partial charge in [0, 0.05) is 37.1 Å². The molecule has 0 spiro atoms. The number of aromatic nitrogens is 2. The molecule has 0 aliphatic carbocycles. The fraction of sp³-hybridized carbons (Fsp3) is 0.857. The van der Waals surface area contributed by atoms with Crippen LogP contribution in [-0.4, -0.2) is 40.8 Å². The summed E-state index contributed by atoms with van der Waals surface area (Å²) in [6.07, 6.45) is 0.668.